The van der Waals surface area contributed by atoms with E-state index in [0.29, 0.717) is 28.5 Å². The highest BCUT2D eigenvalue weighted by Gasteiger charge is 2.32. The van der Waals surface area contributed by atoms with Gasteiger partial charge in [0.15, 0.2) is 0 Å². The van der Waals surface area contributed by atoms with Gasteiger partial charge in [0.25, 0.3) is 5.91 Å². The molecule has 3 heterocycles. The molecule has 5 rings (SSSR count). The standard InChI is InChI=1S/C32H33F4N7O2/c1-18-14-24(33)23(17-28(18)45-30-22(6-5-11-38-30)25-9-12-39-31(37-3)42-25)29(44)41-27-16-20(32(34,35)36)7-8-26(27)40-21-10-13-43(4)19(2)15-21/h5-9,11-12,14,16-17,19,21,40H,10,13,15H2,1-4H3,(H,41,44)(H,37,39,42). The van der Waals surface area contributed by atoms with E-state index in [9.17, 15) is 18.0 Å². The number of benzene rings is 2. The van der Waals surface area contributed by atoms with E-state index in [0.717, 1.165) is 37.6 Å². The Hall–Kier alpha value is -4.78. The van der Waals surface area contributed by atoms with Crippen molar-refractivity contribution in [2.75, 3.05) is 36.6 Å². The second kappa shape index (κ2) is 13.1. The number of anilines is 3. The smallest absolute Gasteiger partial charge is 0.416 e. The summed E-state index contributed by atoms with van der Waals surface area (Å²) < 4.78 is 62.2. The second-order valence-electron chi connectivity index (χ2n) is 11.0. The van der Waals surface area contributed by atoms with E-state index in [2.05, 4.69) is 42.7 Å². The number of halogens is 4. The van der Waals surface area contributed by atoms with Crippen LogP contribution in [0.15, 0.2) is 60.9 Å². The first kappa shape index (κ1) is 31.6. The highest BCUT2D eigenvalue weighted by atomic mass is 19.4. The van der Waals surface area contributed by atoms with Crippen LogP contribution in [0.1, 0.15) is 41.3 Å². The third-order valence-electron chi connectivity index (χ3n) is 7.81. The van der Waals surface area contributed by atoms with E-state index in [4.69, 9.17) is 4.74 Å². The average molecular weight is 624 g/mol. The molecule has 1 aliphatic rings. The van der Waals surface area contributed by atoms with Gasteiger partial charge in [-0.05, 0) is 87.8 Å². The van der Waals surface area contributed by atoms with Gasteiger partial charge >= 0.3 is 6.18 Å². The van der Waals surface area contributed by atoms with Crippen LogP contribution in [-0.4, -0.2) is 58.5 Å². The van der Waals surface area contributed by atoms with E-state index in [1.165, 1.54) is 18.3 Å². The van der Waals surface area contributed by atoms with Crippen molar-refractivity contribution in [2.24, 2.45) is 0 Å². The van der Waals surface area contributed by atoms with Crippen molar-refractivity contribution >= 4 is 23.2 Å². The number of likely N-dealkylation sites (tertiary alicyclic amines) is 1. The summed E-state index contributed by atoms with van der Waals surface area (Å²) in [5, 5.41) is 8.65. The SMILES string of the molecule is CNc1nccc(-c2cccnc2Oc2cc(C(=O)Nc3cc(C(F)(F)F)ccc3NC3CCN(C)C(C)C3)c(F)cc2C)n1. The number of rotatable bonds is 8. The average Bonchev–Trinajstić information content (AvgIpc) is 3.01. The van der Waals surface area contributed by atoms with E-state index in [1.54, 1.807) is 38.4 Å². The molecule has 0 saturated carbocycles. The Morgan fingerprint density at radius 2 is 1.87 bits per heavy atom. The molecule has 0 bridgehead atoms. The lowest BCUT2D eigenvalue weighted by Crippen LogP contribution is -2.42. The molecule has 4 aromatic rings. The Labute approximate surface area is 258 Å². The fourth-order valence-electron chi connectivity index (χ4n) is 5.12. The number of aryl methyl sites for hydroxylation is 1. The van der Waals surface area contributed by atoms with Crippen molar-refractivity contribution < 1.29 is 27.1 Å². The number of piperidine rings is 1. The fraction of sp³-hybridized carbons (Fsp3) is 0.312. The first-order valence-electron chi connectivity index (χ1n) is 14.4. The van der Waals surface area contributed by atoms with Gasteiger partial charge in [0.05, 0.1) is 33.8 Å². The molecule has 1 aliphatic heterocycles. The topological polar surface area (TPSA) is 104 Å². The molecule has 2 aromatic carbocycles. The van der Waals surface area contributed by atoms with Crippen molar-refractivity contribution in [1.29, 1.82) is 0 Å². The molecule has 2 unspecified atom stereocenters. The number of nitrogens with zero attached hydrogens (tertiary/aromatic N) is 4. The molecule has 1 fully saturated rings. The van der Waals surface area contributed by atoms with Crippen LogP contribution in [0.25, 0.3) is 11.3 Å². The normalized spacial score (nSPS) is 17.1. The molecular weight excluding hydrogens is 590 g/mol. The summed E-state index contributed by atoms with van der Waals surface area (Å²) >= 11 is 0. The molecule has 0 aliphatic carbocycles. The summed E-state index contributed by atoms with van der Waals surface area (Å²) in [7, 11) is 3.70. The summed E-state index contributed by atoms with van der Waals surface area (Å²) in [5.74, 6) is -1.14. The summed E-state index contributed by atoms with van der Waals surface area (Å²) in [6.07, 6.45) is -0.0317. The van der Waals surface area contributed by atoms with Gasteiger partial charge in [-0.15, -0.1) is 0 Å². The molecule has 45 heavy (non-hydrogen) atoms. The molecule has 3 N–H and O–H groups in total. The maximum atomic E-state index is 15.2. The lowest BCUT2D eigenvalue weighted by atomic mass is 9.98. The third kappa shape index (κ3) is 7.31. The highest BCUT2D eigenvalue weighted by molar-refractivity contribution is 6.06. The van der Waals surface area contributed by atoms with Crippen molar-refractivity contribution in [1.82, 2.24) is 19.9 Å². The maximum absolute atomic E-state index is 15.2. The van der Waals surface area contributed by atoms with E-state index in [-0.39, 0.29) is 29.4 Å². The van der Waals surface area contributed by atoms with Gasteiger partial charge in [0.1, 0.15) is 11.6 Å². The van der Waals surface area contributed by atoms with Crippen LogP contribution < -0.4 is 20.7 Å². The van der Waals surface area contributed by atoms with Gasteiger partial charge < -0.3 is 25.6 Å². The number of aromatic nitrogens is 3. The zero-order chi connectivity index (χ0) is 32.3. The molecule has 236 valence electrons. The number of nitrogens with one attached hydrogen (secondary N) is 3. The van der Waals surface area contributed by atoms with Crippen LogP contribution in [0.2, 0.25) is 0 Å². The number of carbonyl (C=O) groups excluding carboxylic acids is 1. The number of alkyl halides is 3. The predicted octanol–water partition coefficient (Wildman–Crippen LogP) is 6.99. The van der Waals surface area contributed by atoms with Gasteiger partial charge in [-0.1, -0.05) is 0 Å². The summed E-state index contributed by atoms with van der Waals surface area (Å²) in [4.78, 5) is 28.5. The Morgan fingerprint density at radius 3 is 2.60 bits per heavy atom. The molecule has 9 nitrogen and oxygen atoms in total. The number of amides is 1. The Bertz CT molecular complexity index is 1700. The molecule has 2 atom stereocenters. The van der Waals surface area contributed by atoms with Gasteiger partial charge in [0.2, 0.25) is 11.8 Å². The van der Waals surface area contributed by atoms with Crippen LogP contribution in [-0.2, 0) is 6.18 Å². The number of hydrogen-bond acceptors (Lipinski definition) is 8. The van der Waals surface area contributed by atoms with Gasteiger partial charge in [0, 0.05) is 38.1 Å². The van der Waals surface area contributed by atoms with Crippen LogP contribution in [0, 0.1) is 12.7 Å². The van der Waals surface area contributed by atoms with E-state index in [1.807, 2.05) is 7.05 Å². The summed E-state index contributed by atoms with van der Waals surface area (Å²) in [5.41, 5.74) is 0.252. The molecule has 0 spiro atoms. The van der Waals surface area contributed by atoms with Crippen LogP contribution in [0.4, 0.5) is 34.9 Å². The highest BCUT2D eigenvalue weighted by Crippen LogP contribution is 2.37. The number of ether oxygens (including phenoxy) is 1. The van der Waals surface area contributed by atoms with Crippen molar-refractivity contribution in [3.63, 3.8) is 0 Å². The van der Waals surface area contributed by atoms with Crippen LogP contribution in [0.3, 0.4) is 0 Å². The minimum absolute atomic E-state index is 0.0219. The first-order valence-corrected chi connectivity index (χ1v) is 14.4. The molecule has 13 heteroatoms. The minimum Gasteiger partial charge on any atom is -0.438 e. The zero-order valence-electron chi connectivity index (χ0n) is 25.2. The quantitative estimate of drug-likeness (QED) is 0.181. The fourth-order valence-corrected chi connectivity index (χ4v) is 5.12. The molecule has 1 amide bonds. The number of pyridine rings is 1. The molecule has 0 radical (unpaired) electrons. The van der Waals surface area contributed by atoms with E-state index >= 15 is 4.39 Å². The third-order valence-corrected chi connectivity index (χ3v) is 7.81. The molecule has 1 saturated heterocycles. The lowest BCUT2D eigenvalue weighted by Gasteiger charge is -2.36. The lowest BCUT2D eigenvalue weighted by molar-refractivity contribution is -0.137. The summed E-state index contributed by atoms with van der Waals surface area (Å²) in [6, 6.07) is 10.8. The zero-order valence-corrected chi connectivity index (χ0v) is 25.2. The maximum Gasteiger partial charge on any atom is 0.416 e. The van der Waals surface area contributed by atoms with Crippen LogP contribution in [0.5, 0.6) is 11.6 Å². The van der Waals surface area contributed by atoms with Crippen molar-refractivity contribution in [2.45, 2.75) is 44.9 Å². The van der Waals surface area contributed by atoms with E-state index < -0.39 is 29.0 Å². The van der Waals surface area contributed by atoms with Crippen molar-refractivity contribution in [3.05, 3.63) is 83.4 Å². The number of hydrogen-bond donors (Lipinski definition) is 3. The predicted molar refractivity (Wildman–Crippen MR) is 164 cm³/mol. The largest absolute Gasteiger partial charge is 0.438 e. The van der Waals surface area contributed by atoms with Crippen LogP contribution >= 0.6 is 0 Å². The van der Waals surface area contributed by atoms with Gasteiger partial charge in [-0.3, -0.25) is 4.79 Å². The first-order chi connectivity index (χ1) is 21.4. The molecule has 2 aromatic heterocycles. The Kier molecular flexibility index (Phi) is 9.19. The van der Waals surface area contributed by atoms with Crippen molar-refractivity contribution in [3.8, 4) is 22.9 Å². The number of carbonyl (C=O) groups is 1. The second-order valence-corrected chi connectivity index (χ2v) is 11.0. The Balaban J connectivity index is 1.44. The van der Waals surface area contributed by atoms with Gasteiger partial charge in [-0.25, -0.2) is 19.3 Å². The summed E-state index contributed by atoms with van der Waals surface area (Å²) in [6.45, 7) is 4.48. The van der Waals surface area contributed by atoms with Gasteiger partial charge in [-0.2, -0.15) is 13.2 Å². The monoisotopic (exact) mass is 623 g/mol. The minimum atomic E-state index is -4.64. The Morgan fingerprint density at radius 1 is 1.07 bits per heavy atom. The molecular formula is C32H33F4N7O2.